The summed E-state index contributed by atoms with van der Waals surface area (Å²) >= 11 is 0. The summed E-state index contributed by atoms with van der Waals surface area (Å²) in [6, 6.07) is 9.45. The van der Waals surface area contributed by atoms with Gasteiger partial charge in [0.25, 0.3) is 5.56 Å². The number of aromatic amines is 1. The first kappa shape index (κ1) is 11.5. The van der Waals surface area contributed by atoms with Crippen LogP contribution >= 0.6 is 0 Å². The van der Waals surface area contributed by atoms with Gasteiger partial charge in [-0.1, -0.05) is 0 Å². The molecule has 1 aliphatic carbocycles. The van der Waals surface area contributed by atoms with Crippen LogP contribution in [0.3, 0.4) is 0 Å². The van der Waals surface area contributed by atoms with Crippen LogP contribution in [0.4, 0.5) is 0 Å². The van der Waals surface area contributed by atoms with Crippen molar-refractivity contribution in [2.24, 2.45) is 0 Å². The number of fused-ring (bicyclic) bond motifs is 3. The van der Waals surface area contributed by atoms with E-state index in [1.165, 1.54) is 0 Å². The molecule has 0 spiro atoms. The van der Waals surface area contributed by atoms with E-state index in [0.717, 1.165) is 41.0 Å². The highest BCUT2D eigenvalue weighted by atomic mass is 16.5. The minimum Gasteiger partial charge on any atom is -0.497 e. The maximum atomic E-state index is 11.8. The van der Waals surface area contributed by atoms with Gasteiger partial charge in [0.1, 0.15) is 17.4 Å². The van der Waals surface area contributed by atoms with Crippen molar-refractivity contribution in [3.63, 3.8) is 0 Å². The molecule has 1 aromatic heterocycles. The lowest BCUT2D eigenvalue weighted by molar-refractivity contribution is 0.414. The molecule has 1 N–H and O–H groups in total. The molecular weight excluding hydrogens is 240 g/mol. The summed E-state index contributed by atoms with van der Waals surface area (Å²) in [4.78, 5) is 14.6. The minimum atomic E-state index is -0.329. The van der Waals surface area contributed by atoms with Crippen molar-refractivity contribution in [2.45, 2.75) is 12.8 Å². The van der Waals surface area contributed by atoms with Crippen LogP contribution in [0, 0.1) is 11.3 Å². The Morgan fingerprint density at radius 1 is 1.26 bits per heavy atom. The number of nitrogens with one attached hydrogen (secondary N) is 1. The maximum absolute atomic E-state index is 11.8. The smallest absolute Gasteiger partial charge is 0.266 e. The molecule has 94 valence electrons. The summed E-state index contributed by atoms with van der Waals surface area (Å²) in [7, 11) is 1.64. The predicted molar refractivity (Wildman–Crippen MR) is 71.2 cm³/mol. The second kappa shape index (κ2) is 4.29. The Balaban J connectivity index is 2.22. The Bertz CT molecular complexity index is 754. The van der Waals surface area contributed by atoms with Crippen LogP contribution in [-0.4, -0.2) is 12.1 Å². The van der Waals surface area contributed by atoms with Gasteiger partial charge in [-0.2, -0.15) is 5.26 Å². The molecule has 0 saturated heterocycles. The van der Waals surface area contributed by atoms with Gasteiger partial charge in [-0.15, -0.1) is 0 Å². The first-order valence-corrected chi connectivity index (χ1v) is 6.06. The van der Waals surface area contributed by atoms with Crippen molar-refractivity contribution in [1.82, 2.24) is 4.98 Å². The van der Waals surface area contributed by atoms with Crippen molar-refractivity contribution < 1.29 is 4.74 Å². The largest absolute Gasteiger partial charge is 0.497 e. The third-order valence-corrected chi connectivity index (χ3v) is 3.49. The number of aryl methyl sites for hydroxylation is 2. The minimum absolute atomic E-state index is 0.177. The molecule has 0 bridgehead atoms. The molecule has 0 atom stereocenters. The Morgan fingerprint density at radius 3 is 2.79 bits per heavy atom. The van der Waals surface area contributed by atoms with Crippen LogP contribution in [0.25, 0.3) is 11.3 Å². The first-order valence-electron chi connectivity index (χ1n) is 6.06. The Morgan fingerprint density at radius 2 is 2.05 bits per heavy atom. The van der Waals surface area contributed by atoms with Crippen molar-refractivity contribution in [2.75, 3.05) is 7.11 Å². The lowest BCUT2D eigenvalue weighted by Gasteiger charge is -2.20. The zero-order valence-corrected chi connectivity index (χ0v) is 10.5. The van der Waals surface area contributed by atoms with Crippen LogP contribution in [-0.2, 0) is 12.8 Å². The van der Waals surface area contributed by atoms with Gasteiger partial charge in [0.2, 0.25) is 0 Å². The average Bonchev–Trinajstić information content (AvgIpc) is 2.45. The van der Waals surface area contributed by atoms with Gasteiger partial charge in [0.15, 0.2) is 0 Å². The predicted octanol–water partition coefficient (Wildman–Crippen LogP) is 2.02. The first-order chi connectivity index (χ1) is 9.22. The van der Waals surface area contributed by atoms with Gasteiger partial charge in [0.05, 0.1) is 12.8 Å². The van der Waals surface area contributed by atoms with Gasteiger partial charge < -0.3 is 9.72 Å². The van der Waals surface area contributed by atoms with Gasteiger partial charge in [0, 0.05) is 5.56 Å². The Hall–Kier alpha value is -2.54. The molecule has 0 saturated carbocycles. The number of ether oxygens (including phenoxy) is 1. The number of nitriles is 1. The Kier molecular flexibility index (Phi) is 2.60. The number of pyridine rings is 1. The summed E-state index contributed by atoms with van der Waals surface area (Å²) in [6.45, 7) is 0. The van der Waals surface area contributed by atoms with Gasteiger partial charge in [-0.05, 0) is 48.2 Å². The Labute approximate surface area is 110 Å². The standard InChI is InChI=1S/C15H12N2O2/c1-19-12-4-5-13-9(7-12)2-3-10-6-11(8-16)15(18)17-14(10)13/h4-7H,2-3H2,1H3,(H,17,18). The summed E-state index contributed by atoms with van der Waals surface area (Å²) in [5, 5.41) is 8.90. The highest BCUT2D eigenvalue weighted by Crippen LogP contribution is 2.33. The van der Waals surface area contributed by atoms with Gasteiger partial charge >= 0.3 is 0 Å². The van der Waals surface area contributed by atoms with E-state index in [1.54, 1.807) is 13.2 Å². The van der Waals surface area contributed by atoms with Crippen molar-refractivity contribution in [3.05, 3.63) is 51.3 Å². The van der Waals surface area contributed by atoms with Crippen LogP contribution in [0.15, 0.2) is 29.1 Å². The summed E-state index contributed by atoms with van der Waals surface area (Å²) in [5.41, 5.74) is 3.87. The second-order valence-electron chi connectivity index (χ2n) is 4.55. The van der Waals surface area contributed by atoms with Gasteiger partial charge in [-0.3, -0.25) is 4.79 Å². The van der Waals surface area contributed by atoms with Gasteiger partial charge in [-0.25, -0.2) is 0 Å². The number of rotatable bonds is 1. The molecule has 0 aliphatic heterocycles. The van der Waals surface area contributed by atoms with Crippen molar-refractivity contribution in [3.8, 4) is 23.1 Å². The number of nitrogens with zero attached hydrogens (tertiary/aromatic N) is 1. The normalized spacial score (nSPS) is 12.2. The lowest BCUT2D eigenvalue weighted by Crippen LogP contribution is -2.16. The fraction of sp³-hybridized carbons (Fsp3) is 0.200. The van der Waals surface area contributed by atoms with Crippen LogP contribution in [0.1, 0.15) is 16.7 Å². The number of aromatic nitrogens is 1. The zero-order chi connectivity index (χ0) is 13.4. The zero-order valence-electron chi connectivity index (χ0n) is 10.5. The summed E-state index contributed by atoms with van der Waals surface area (Å²) in [5.74, 6) is 0.818. The maximum Gasteiger partial charge on any atom is 0.266 e. The van der Waals surface area contributed by atoms with E-state index in [0.29, 0.717) is 0 Å². The van der Waals surface area contributed by atoms with E-state index in [9.17, 15) is 4.79 Å². The van der Waals surface area contributed by atoms with Crippen molar-refractivity contribution >= 4 is 0 Å². The van der Waals surface area contributed by atoms with E-state index in [1.807, 2.05) is 24.3 Å². The fourth-order valence-electron chi connectivity index (χ4n) is 2.51. The third-order valence-electron chi connectivity index (χ3n) is 3.49. The molecule has 2 aromatic rings. The molecule has 4 nitrogen and oxygen atoms in total. The highest BCUT2D eigenvalue weighted by Gasteiger charge is 2.18. The molecule has 0 amide bonds. The SMILES string of the molecule is COc1ccc2c(c1)CCc1cc(C#N)c(=O)[nH]c1-2. The van der Waals surface area contributed by atoms with E-state index in [4.69, 9.17) is 10.00 Å². The summed E-state index contributed by atoms with van der Waals surface area (Å²) < 4.78 is 5.21. The molecule has 19 heavy (non-hydrogen) atoms. The van der Waals surface area contributed by atoms with E-state index >= 15 is 0 Å². The third kappa shape index (κ3) is 1.80. The topological polar surface area (TPSA) is 65.9 Å². The second-order valence-corrected chi connectivity index (χ2v) is 4.55. The van der Waals surface area contributed by atoms with E-state index in [2.05, 4.69) is 4.98 Å². The number of hydrogen-bond acceptors (Lipinski definition) is 3. The van der Waals surface area contributed by atoms with E-state index in [-0.39, 0.29) is 11.1 Å². The molecule has 3 rings (SSSR count). The van der Waals surface area contributed by atoms with Crippen LogP contribution < -0.4 is 10.3 Å². The average molecular weight is 252 g/mol. The van der Waals surface area contributed by atoms with E-state index < -0.39 is 0 Å². The summed E-state index contributed by atoms with van der Waals surface area (Å²) in [6.07, 6.45) is 1.71. The molecule has 1 aromatic carbocycles. The van der Waals surface area contributed by atoms with Crippen LogP contribution in [0.5, 0.6) is 5.75 Å². The van der Waals surface area contributed by atoms with Crippen LogP contribution in [0.2, 0.25) is 0 Å². The molecule has 0 radical (unpaired) electrons. The molecule has 0 fully saturated rings. The number of methoxy groups -OCH3 is 1. The molecule has 1 heterocycles. The molecular formula is C15H12N2O2. The molecule has 4 heteroatoms. The lowest BCUT2D eigenvalue weighted by atomic mass is 9.88. The highest BCUT2D eigenvalue weighted by molar-refractivity contribution is 5.71. The number of benzene rings is 1. The van der Waals surface area contributed by atoms with Crippen molar-refractivity contribution in [1.29, 1.82) is 5.26 Å². The fourth-order valence-corrected chi connectivity index (χ4v) is 2.51. The molecule has 1 aliphatic rings. The molecule has 0 unspecified atom stereocenters. The monoisotopic (exact) mass is 252 g/mol. The number of hydrogen-bond donors (Lipinski definition) is 1. The quantitative estimate of drug-likeness (QED) is 0.844. The number of H-pyrrole nitrogens is 1.